The van der Waals surface area contributed by atoms with Crippen molar-refractivity contribution >= 4 is 84.1 Å². The number of azo groups is 3. The van der Waals surface area contributed by atoms with Gasteiger partial charge in [-0.3, -0.25) is 4.55 Å². The van der Waals surface area contributed by atoms with Crippen molar-refractivity contribution in [1.29, 1.82) is 0 Å². The Morgan fingerprint density at radius 3 is 1.81 bits per heavy atom. The molecule has 0 saturated heterocycles. The molecule has 0 heterocycles. The molecule has 0 aromatic heterocycles. The first-order valence-electron chi connectivity index (χ1n) is 15.2. The third kappa shape index (κ3) is 9.12. The Kier molecular flexibility index (Phi) is 12.0. The van der Waals surface area contributed by atoms with Gasteiger partial charge in [0, 0.05) is 20.6 Å². The number of rotatable bonds is 10. The molecule has 0 aliphatic rings. The van der Waals surface area contributed by atoms with Gasteiger partial charge in [-0.25, -0.2) is 4.79 Å². The van der Waals surface area contributed by atoms with Crippen LogP contribution in [0.2, 0.25) is 0 Å². The molecule has 260 valence electrons. The van der Waals surface area contributed by atoms with Crippen molar-refractivity contribution < 1.29 is 57.5 Å². The van der Waals surface area contributed by atoms with E-state index in [2.05, 4.69) is 30.7 Å². The molecule has 0 aliphatic carbocycles. The number of carboxylic acids is 1. The van der Waals surface area contributed by atoms with Gasteiger partial charge in [0.05, 0.1) is 34.1 Å². The Labute approximate surface area is 329 Å². The molecule has 6 aromatic carbocycles. The first-order valence-corrected chi connectivity index (χ1v) is 17.5. The van der Waals surface area contributed by atoms with Crippen LogP contribution in [0.4, 0.5) is 45.5 Å². The van der Waals surface area contributed by atoms with Crippen molar-refractivity contribution in [2.24, 2.45) is 30.7 Å². The number of nitrogens with zero attached hydrogens (tertiary/aromatic N) is 6. The third-order valence-corrected chi connectivity index (χ3v) is 9.56. The summed E-state index contributed by atoms with van der Waals surface area (Å²) in [5.41, 5.74) is 15.9. The number of nitrogen functional groups attached to an aromatic ring is 2. The SMILES string of the molecule is Cc1cc(N=Nc2ccc(Sc3ccc(N=Nc4ccc(O)c(C(=O)O)c4)cc3)cc2)c(N)c(N=Nc2ccc(S(=O)(=O)O)c3ccccc23)c1N.[Na+]. The second-order valence-corrected chi connectivity index (χ2v) is 13.7. The molecule has 0 atom stereocenters. The number of fused-ring (bicyclic) bond motifs is 1. The predicted octanol–water partition coefficient (Wildman–Crippen LogP) is 7.36. The van der Waals surface area contributed by atoms with E-state index in [0.29, 0.717) is 45.1 Å². The second kappa shape index (κ2) is 16.5. The molecule has 0 amide bonds. The maximum Gasteiger partial charge on any atom is 1.00 e. The smallest absolute Gasteiger partial charge is 0.507 e. The van der Waals surface area contributed by atoms with E-state index in [1.165, 1.54) is 42.1 Å². The van der Waals surface area contributed by atoms with Crippen LogP contribution in [0.15, 0.2) is 155 Å². The predicted molar refractivity (Wildman–Crippen MR) is 198 cm³/mol. The van der Waals surface area contributed by atoms with Crippen LogP contribution < -0.4 is 41.0 Å². The molecule has 7 N–H and O–H groups in total. The summed E-state index contributed by atoms with van der Waals surface area (Å²) in [7, 11) is -4.46. The van der Waals surface area contributed by atoms with E-state index < -0.39 is 16.1 Å². The zero-order valence-electron chi connectivity index (χ0n) is 28.1. The molecule has 0 unspecified atom stereocenters. The summed E-state index contributed by atoms with van der Waals surface area (Å²) in [5.74, 6) is -1.60. The zero-order chi connectivity index (χ0) is 37.0. The zero-order valence-corrected chi connectivity index (χ0v) is 31.7. The molecule has 53 heavy (non-hydrogen) atoms. The fourth-order valence-electron chi connectivity index (χ4n) is 4.96. The normalized spacial score (nSPS) is 11.8. The maximum atomic E-state index is 11.9. The number of carboxylic acid groups (broad SMARTS) is 1. The number of hydrogen-bond acceptors (Lipinski definition) is 13. The van der Waals surface area contributed by atoms with E-state index in [9.17, 15) is 22.9 Å². The molecule has 0 aliphatic heterocycles. The summed E-state index contributed by atoms with van der Waals surface area (Å²) in [6.07, 6.45) is 0. The van der Waals surface area contributed by atoms with Gasteiger partial charge in [0.1, 0.15) is 27.6 Å². The van der Waals surface area contributed by atoms with E-state index in [4.69, 9.17) is 16.6 Å². The van der Waals surface area contributed by atoms with Gasteiger partial charge in [0.15, 0.2) is 0 Å². The first kappa shape index (κ1) is 38.7. The number of aromatic carboxylic acids is 1. The summed E-state index contributed by atoms with van der Waals surface area (Å²) < 4.78 is 33.4. The maximum absolute atomic E-state index is 11.9. The molecule has 14 nitrogen and oxygen atoms in total. The van der Waals surface area contributed by atoms with E-state index >= 15 is 0 Å². The number of carbonyl (C=O) groups is 1. The van der Waals surface area contributed by atoms with Crippen molar-refractivity contribution in [2.45, 2.75) is 21.6 Å². The molecular weight excluding hydrogens is 728 g/mol. The molecule has 0 spiro atoms. The van der Waals surface area contributed by atoms with Gasteiger partial charge < -0.3 is 21.7 Å². The number of aromatic hydroxyl groups is 1. The van der Waals surface area contributed by atoms with Gasteiger partial charge in [-0.2, -0.15) is 23.8 Å². The van der Waals surface area contributed by atoms with E-state index in [1.54, 1.807) is 61.5 Å². The summed E-state index contributed by atoms with van der Waals surface area (Å²) in [5, 5.41) is 45.1. The van der Waals surface area contributed by atoms with Crippen LogP contribution in [0.1, 0.15) is 15.9 Å². The van der Waals surface area contributed by atoms with Crippen LogP contribution >= 0.6 is 11.8 Å². The minimum Gasteiger partial charge on any atom is -0.507 e. The van der Waals surface area contributed by atoms with Crippen LogP contribution in [-0.2, 0) is 10.1 Å². The van der Waals surface area contributed by atoms with Crippen molar-refractivity contribution in [2.75, 3.05) is 11.5 Å². The number of anilines is 2. The number of phenols is 1. The van der Waals surface area contributed by atoms with Crippen molar-refractivity contribution in [1.82, 2.24) is 0 Å². The standard InChI is InChI=1S/C36H28N8O6S2.Na/c1-20-18-30(34(38)35(33(20)37)44-42-29-15-17-32(52(48,49)50)27-5-3-2-4-26(27)29)43-40-22-8-13-25(14-9-22)51-24-11-6-21(7-12-24)39-41-23-10-16-31(45)28(19-23)36(46)47;/h2-19,45H,37-38H2,1H3,(H,46,47)(H,48,49,50);/q;+1. The van der Waals surface area contributed by atoms with Gasteiger partial charge in [-0.05, 0) is 97.4 Å². The van der Waals surface area contributed by atoms with Crippen LogP contribution in [0.25, 0.3) is 10.8 Å². The third-order valence-electron chi connectivity index (χ3n) is 7.63. The van der Waals surface area contributed by atoms with Crippen LogP contribution in [0, 0.1) is 6.92 Å². The fraction of sp³-hybridized carbons (Fsp3) is 0.0278. The Morgan fingerprint density at radius 1 is 0.660 bits per heavy atom. The number of nitrogens with two attached hydrogens (primary N) is 2. The summed E-state index contributed by atoms with van der Waals surface area (Å²) >= 11 is 1.52. The van der Waals surface area contributed by atoms with E-state index in [-0.39, 0.29) is 62.5 Å². The van der Waals surface area contributed by atoms with Gasteiger partial charge in [-0.15, -0.1) is 15.3 Å². The van der Waals surface area contributed by atoms with Gasteiger partial charge in [0.25, 0.3) is 10.1 Å². The topological polar surface area (TPSA) is 238 Å². The number of hydrogen-bond donors (Lipinski definition) is 5. The van der Waals surface area contributed by atoms with Crippen molar-refractivity contribution in [3.05, 3.63) is 120 Å². The van der Waals surface area contributed by atoms with E-state index in [0.717, 1.165) is 9.79 Å². The Morgan fingerprint density at radius 2 is 1.21 bits per heavy atom. The Balaban J connectivity index is 0.00000541. The molecule has 6 aromatic rings. The number of aryl methyl sites for hydroxylation is 1. The molecular formula is C36H28N8NaO6S2+. The van der Waals surface area contributed by atoms with E-state index in [1.807, 2.05) is 24.3 Å². The molecule has 0 bridgehead atoms. The molecule has 0 fully saturated rings. The average Bonchev–Trinajstić information content (AvgIpc) is 3.12. The second-order valence-electron chi connectivity index (χ2n) is 11.2. The average molecular weight is 756 g/mol. The van der Waals surface area contributed by atoms with Crippen molar-refractivity contribution in [3.63, 3.8) is 0 Å². The van der Waals surface area contributed by atoms with Crippen molar-refractivity contribution in [3.8, 4) is 5.75 Å². The van der Waals surface area contributed by atoms with Crippen LogP contribution in [0.5, 0.6) is 5.75 Å². The van der Waals surface area contributed by atoms with Crippen LogP contribution in [-0.4, -0.2) is 29.2 Å². The minimum atomic E-state index is -4.46. The Hall–Kier alpha value is -5.49. The summed E-state index contributed by atoms with van der Waals surface area (Å²) in [6.45, 7) is 1.77. The monoisotopic (exact) mass is 755 g/mol. The first-order chi connectivity index (χ1) is 24.9. The van der Waals surface area contributed by atoms with Gasteiger partial charge in [-0.1, -0.05) is 36.0 Å². The quantitative estimate of drug-likeness (QED) is 0.0405. The molecule has 0 radical (unpaired) electrons. The molecule has 6 rings (SSSR count). The largest absolute Gasteiger partial charge is 1.00 e. The van der Waals surface area contributed by atoms with Gasteiger partial charge >= 0.3 is 35.5 Å². The Bertz CT molecular complexity index is 2550. The fourth-order valence-corrected chi connectivity index (χ4v) is 6.47. The molecule has 17 heteroatoms. The number of benzene rings is 6. The van der Waals surface area contributed by atoms with Gasteiger partial charge in [0.2, 0.25) is 0 Å². The summed E-state index contributed by atoms with van der Waals surface area (Å²) in [6, 6.07) is 29.7. The van der Waals surface area contributed by atoms with Crippen LogP contribution in [0.3, 0.4) is 0 Å². The molecule has 0 saturated carbocycles. The minimum absolute atomic E-state index is 0. The summed E-state index contributed by atoms with van der Waals surface area (Å²) in [4.78, 5) is 12.9.